The Morgan fingerprint density at radius 2 is 2.04 bits per heavy atom. The summed E-state index contributed by atoms with van der Waals surface area (Å²) in [7, 11) is 1.56. The Balaban J connectivity index is 2.38. The van der Waals surface area contributed by atoms with Gasteiger partial charge < -0.3 is 14.6 Å². The van der Waals surface area contributed by atoms with E-state index in [2.05, 4.69) is 26.0 Å². The lowest BCUT2D eigenvalue weighted by molar-refractivity contribution is 0.0156. The zero-order valence-electron chi connectivity index (χ0n) is 14.8. The SMILES string of the molecule is COc1cccc2c1C(=O)O[C@@H](CCO)C[C@@H](C)[C@@H](C)C/C=C/C2. The van der Waals surface area contributed by atoms with Crippen LogP contribution in [-0.2, 0) is 11.2 Å². The maximum atomic E-state index is 12.8. The van der Waals surface area contributed by atoms with Crippen molar-refractivity contribution in [2.45, 2.75) is 45.6 Å². The van der Waals surface area contributed by atoms with Gasteiger partial charge in [-0.25, -0.2) is 4.79 Å². The number of benzene rings is 1. The molecule has 0 saturated carbocycles. The number of carbonyl (C=O) groups excluding carboxylic acids is 1. The lowest BCUT2D eigenvalue weighted by Gasteiger charge is -2.25. The van der Waals surface area contributed by atoms with Crippen LogP contribution in [0.15, 0.2) is 30.4 Å². The largest absolute Gasteiger partial charge is 0.496 e. The molecule has 24 heavy (non-hydrogen) atoms. The van der Waals surface area contributed by atoms with Gasteiger partial charge in [0.05, 0.1) is 7.11 Å². The first-order valence-electron chi connectivity index (χ1n) is 8.69. The van der Waals surface area contributed by atoms with Crippen molar-refractivity contribution in [3.63, 3.8) is 0 Å². The zero-order chi connectivity index (χ0) is 17.5. The molecule has 0 spiro atoms. The molecular formula is C20H28O4. The number of methoxy groups -OCH3 is 1. The molecule has 0 amide bonds. The molecule has 1 aliphatic rings. The van der Waals surface area contributed by atoms with Crippen molar-refractivity contribution in [3.05, 3.63) is 41.5 Å². The second-order valence-electron chi connectivity index (χ2n) is 6.64. The van der Waals surface area contributed by atoms with E-state index in [-0.39, 0.29) is 18.7 Å². The van der Waals surface area contributed by atoms with E-state index in [9.17, 15) is 9.90 Å². The number of ether oxygens (including phenoxy) is 2. The normalized spacial score (nSPS) is 26.5. The van der Waals surface area contributed by atoms with E-state index in [1.165, 1.54) is 0 Å². The molecule has 2 rings (SSSR count). The fourth-order valence-electron chi connectivity index (χ4n) is 3.13. The third-order valence-corrected chi connectivity index (χ3v) is 4.88. The summed E-state index contributed by atoms with van der Waals surface area (Å²) >= 11 is 0. The minimum Gasteiger partial charge on any atom is -0.496 e. The molecule has 4 nitrogen and oxygen atoms in total. The predicted octanol–water partition coefficient (Wildman–Crippen LogP) is 3.77. The van der Waals surface area contributed by atoms with Crippen LogP contribution in [0.25, 0.3) is 0 Å². The Morgan fingerprint density at radius 3 is 2.75 bits per heavy atom. The summed E-state index contributed by atoms with van der Waals surface area (Å²) in [6.45, 7) is 4.41. The van der Waals surface area contributed by atoms with E-state index < -0.39 is 0 Å². The molecule has 1 aromatic rings. The van der Waals surface area contributed by atoms with Gasteiger partial charge in [-0.1, -0.05) is 38.1 Å². The molecule has 0 unspecified atom stereocenters. The summed E-state index contributed by atoms with van der Waals surface area (Å²) in [6, 6.07) is 5.60. The molecule has 1 aromatic carbocycles. The summed E-state index contributed by atoms with van der Waals surface area (Å²) in [5.41, 5.74) is 1.40. The number of rotatable bonds is 3. The number of aliphatic hydroxyl groups is 1. The molecule has 132 valence electrons. The predicted molar refractivity (Wildman–Crippen MR) is 94.3 cm³/mol. The van der Waals surface area contributed by atoms with Crippen LogP contribution < -0.4 is 4.74 Å². The molecule has 0 aromatic heterocycles. The van der Waals surface area contributed by atoms with Crippen LogP contribution in [0.4, 0.5) is 0 Å². The van der Waals surface area contributed by atoms with Crippen molar-refractivity contribution in [1.82, 2.24) is 0 Å². The van der Waals surface area contributed by atoms with Crippen LogP contribution in [0.3, 0.4) is 0 Å². The van der Waals surface area contributed by atoms with Gasteiger partial charge in [-0.3, -0.25) is 0 Å². The highest BCUT2D eigenvalue weighted by Crippen LogP contribution is 2.28. The molecule has 0 bridgehead atoms. The number of hydrogen-bond donors (Lipinski definition) is 1. The highest BCUT2D eigenvalue weighted by atomic mass is 16.5. The third-order valence-electron chi connectivity index (χ3n) is 4.88. The van der Waals surface area contributed by atoms with Crippen LogP contribution in [0.2, 0.25) is 0 Å². The van der Waals surface area contributed by atoms with Gasteiger partial charge in [0, 0.05) is 13.0 Å². The van der Waals surface area contributed by atoms with Gasteiger partial charge in [0.25, 0.3) is 0 Å². The summed E-state index contributed by atoms with van der Waals surface area (Å²) in [4.78, 5) is 12.8. The second-order valence-corrected chi connectivity index (χ2v) is 6.64. The van der Waals surface area contributed by atoms with E-state index in [4.69, 9.17) is 9.47 Å². The number of carbonyl (C=O) groups is 1. The molecule has 0 aliphatic carbocycles. The van der Waals surface area contributed by atoms with Crippen molar-refractivity contribution in [2.75, 3.05) is 13.7 Å². The van der Waals surface area contributed by atoms with Gasteiger partial charge in [0.2, 0.25) is 0 Å². The van der Waals surface area contributed by atoms with Gasteiger partial charge in [-0.15, -0.1) is 0 Å². The lowest BCUT2D eigenvalue weighted by Crippen LogP contribution is -2.25. The molecule has 1 heterocycles. The maximum absolute atomic E-state index is 12.8. The fraction of sp³-hybridized carbons (Fsp3) is 0.550. The van der Waals surface area contributed by atoms with Gasteiger partial charge in [0.1, 0.15) is 17.4 Å². The molecule has 0 radical (unpaired) electrons. The van der Waals surface area contributed by atoms with E-state index in [1.54, 1.807) is 13.2 Å². The quantitative estimate of drug-likeness (QED) is 0.676. The fourth-order valence-corrected chi connectivity index (χ4v) is 3.13. The van der Waals surface area contributed by atoms with E-state index in [0.29, 0.717) is 36.0 Å². The minimum atomic E-state index is -0.366. The molecular weight excluding hydrogens is 304 g/mol. The Labute approximate surface area is 144 Å². The minimum absolute atomic E-state index is 0.0116. The average Bonchev–Trinajstić information content (AvgIpc) is 2.57. The van der Waals surface area contributed by atoms with Crippen LogP contribution >= 0.6 is 0 Å². The van der Waals surface area contributed by atoms with Gasteiger partial charge in [-0.2, -0.15) is 0 Å². The standard InChI is InChI=1S/C20H28O4/c1-14-7-4-5-8-16-9-6-10-18(23-3)19(16)20(22)24-17(11-12-21)13-15(14)2/h4-6,9-10,14-15,17,21H,7-8,11-13H2,1-3H3/b5-4+/t14-,15+,17-/m0/s1. The Hall–Kier alpha value is -1.81. The Kier molecular flexibility index (Phi) is 6.85. The first-order chi connectivity index (χ1) is 11.6. The number of cyclic esters (lactones) is 1. The lowest BCUT2D eigenvalue weighted by atomic mass is 9.87. The summed E-state index contributed by atoms with van der Waals surface area (Å²) in [6.07, 6.45) is 6.92. The van der Waals surface area contributed by atoms with E-state index >= 15 is 0 Å². The molecule has 3 atom stereocenters. The van der Waals surface area contributed by atoms with Crippen LogP contribution in [0.5, 0.6) is 5.75 Å². The summed E-state index contributed by atoms with van der Waals surface area (Å²) in [5, 5.41) is 9.31. The van der Waals surface area contributed by atoms with Gasteiger partial charge in [-0.05, 0) is 42.7 Å². The highest BCUT2D eigenvalue weighted by Gasteiger charge is 2.25. The number of hydrogen-bond acceptors (Lipinski definition) is 4. The van der Waals surface area contributed by atoms with Crippen LogP contribution in [0, 0.1) is 11.8 Å². The second kappa shape index (κ2) is 8.88. The smallest absolute Gasteiger partial charge is 0.342 e. The topological polar surface area (TPSA) is 55.8 Å². The van der Waals surface area contributed by atoms with Crippen molar-refractivity contribution >= 4 is 5.97 Å². The maximum Gasteiger partial charge on any atom is 0.342 e. The molecule has 0 fully saturated rings. The van der Waals surface area contributed by atoms with Crippen LogP contribution in [0.1, 0.15) is 49.0 Å². The molecule has 1 aliphatic heterocycles. The van der Waals surface area contributed by atoms with Crippen molar-refractivity contribution in [2.24, 2.45) is 11.8 Å². The molecule has 0 saturated heterocycles. The van der Waals surface area contributed by atoms with Crippen LogP contribution in [-0.4, -0.2) is 30.9 Å². The monoisotopic (exact) mass is 332 g/mol. The van der Waals surface area contributed by atoms with Gasteiger partial charge in [0.15, 0.2) is 0 Å². The van der Waals surface area contributed by atoms with Crippen molar-refractivity contribution < 1.29 is 19.4 Å². The number of esters is 1. The van der Waals surface area contributed by atoms with Gasteiger partial charge >= 0.3 is 5.97 Å². The third kappa shape index (κ3) is 4.60. The van der Waals surface area contributed by atoms with Crippen molar-refractivity contribution in [3.8, 4) is 5.75 Å². The van der Waals surface area contributed by atoms with E-state index in [0.717, 1.165) is 18.4 Å². The number of fused-ring (bicyclic) bond motifs is 1. The number of allylic oxidation sites excluding steroid dienone is 2. The highest BCUT2D eigenvalue weighted by molar-refractivity contribution is 5.94. The first kappa shape index (κ1) is 18.5. The molecule has 4 heteroatoms. The first-order valence-corrected chi connectivity index (χ1v) is 8.69. The van der Waals surface area contributed by atoms with E-state index in [1.807, 2.05) is 12.1 Å². The summed E-state index contributed by atoms with van der Waals surface area (Å²) in [5.74, 6) is 1.09. The molecule has 1 N–H and O–H groups in total. The number of aliphatic hydroxyl groups excluding tert-OH is 1. The zero-order valence-corrected chi connectivity index (χ0v) is 14.8. The summed E-state index contributed by atoms with van der Waals surface area (Å²) < 4.78 is 11.1. The Bertz CT molecular complexity index is 579. The Morgan fingerprint density at radius 1 is 1.25 bits per heavy atom. The van der Waals surface area contributed by atoms with Crippen molar-refractivity contribution in [1.29, 1.82) is 0 Å². The average molecular weight is 332 g/mol.